The molecule has 1 aromatic rings. The van der Waals surface area contributed by atoms with E-state index in [2.05, 4.69) is 10.6 Å². The van der Waals surface area contributed by atoms with Crippen LogP contribution in [0.25, 0.3) is 0 Å². The standard InChI is InChI=1S/C13H16Cl2N2O2/c14-9-3-8(4-10(15)5-9)1-2-16-13(19)12-6-11(18)7-17-12/h3-5,11-12,17-18H,1-2,6-7H2,(H,16,19). The maximum atomic E-state index is 11.8. The van der Waals surface area contributed by atoms with Crippen molar-refractivity contribution in [3.8, 4) is 0 Å². The lowest BCUT2D eigenvalue weighted by molar-refractivity contribution is -0.122. The third-order valence-electron chi connectivity index (χ3n) is 3.06. The zero-order valence-electron chi connectivity index (χ0n) is 10.3. The minimum Gasteiger partial charge on any atom is -0.392 e. The summed E-state index contributed by atoms with van der Waals surface area (Å²) in [5, 5.41) is 16.3. The highest BCUT2D eigenvalue weighted by Crippen LogP contribution is 2.19. The first-order valence-electron chi connectivity index (χ1n) is 6.19. The number of halogens is 2. The first-order valence-corrected chi connectivity index (χ1v) is 6.94. The summed E-state index contributed by atoms with van der Waals surface area (Å²) in [4.78, 5) is 11.8. The fourth-order valence-electron chi connectivity index (χ4n) is 2.13. The van der Waals surface area contributed by atoms with Gasteiger partial charge in [0, 0.05) is 23.1 Å². The number of nitrogens with one attached hydrogen (secondary N) is 2. The van der Waals surface area contributed by atoms with Gasteiger partial charge >= 0.3 is 0 Å². The predicted molar refractivity (Wildman–Crippen MR) is 75.6 cm³/mol. The molecule has 3 N–H and O–H groups in total. The van der Waals surface area contributed by atoms with Gasteiger partial charge in [0.2, 0.25) is 5.91 Å². The molecule has 0 saturated carbocycles. The summed E-state index contributed by atoms with van der Waals surface area (Å²) in [5.41, 5.74) is 0.984. The molecule has 1 heterocycles. The molecule has 6 heteroatoms. The fourth-order valence-corrected chi connectivity index (χ4v) is 2.70. The number of amides is 1. The van der Waals surface area contributed by atoms with Gasteiger partial charge < -0.3 is 15.7 Å². The summed E-state index contributed by atoms with van der Waals surface area (Å²) in [6.45, 7) is 0.992. The number of hydrogen-bond donors (Lipinski definition) is 3. The van der Waals surface area contributed by atoms with Crippen LogP contribution >= 0.6 is 23.2 Å². The van der Waals surface area contributed by atoms with E-state index in [0.29, 0.717) is 36.0 Å². The summed E-state index contributed by atoms with van der Waals surface area (Å²) in [6, 6.07) is 5.04. The van der Waals surface area contributed by atoms with E-state index in [1.54, 1.807) is 6.07 Å². The molecule has 0 spiro atoms. The van der Waals surface area contributed by atoms with E-state index < -0.39 is 6.10 Å². The molecule has 1 amide bonds. The molecule has 104 valence electrons. The molecule has 4 nitrogen and oxygen atoms in total. The number of benzene rings is 1. The number of β-amino-alcohol motifs (C(OH)–C–C–N with tert-alkyl or cyclic N) is 1. The van der Waals surface area contributed by atoms with E-state index in [-0.39, 0.29) is 11.9 Å². The molecule has 1 fully saturated rings. The summed E-state index contributed by atoms with van der Waals surface area (Å²) >= 11 is 11.8. The number of carbonyl (C=O) groups is 1. The van der Waals surface area contributed by atoms with E-state index in [1.165, 1.54) is 0 Å². The second kappa shape index (κ2) is 6.57. The third-order valence-corrected chi connectivity index (χ3v) is 3.50. The van der Waals surface area contributed by atoms with Crippen LogP contribution in [0.3, 0.4) is 0 Å². The summed E-state index contributed by atoms with van der Waals surface area (Å²) < 4.78 is 0. The van der Waals surface area contributed by atoms with Crippen molar-refractivity contribution in [2.75, 3.05) is 13.1 Å². The van der Waals surface area contributed by atoms with Gasteiger partial charge in [-0.1, -0.05) is 23.2 Å². The Morgan fingerprint density at radius 2 is 2.05 bits per heavy atom. The van der Waals surface area contributed by atoms with Crippen molar-refractivity contribution < 1.29 is 9.90 Å². The SMILES string of the molecule is O=C(NCCc1cc(Cl)cc(Cl)c1)C1CC(O)CN1. The zero-order valence-corrected chi connectivity index (χ0v) is 11.8. The monoisotopic (exact) mass is 302 g/mol. The Bertz CT molecular complexity index is 448. The Labute approximate surface area is 122 Å². The number of aliphatic hydroxyl groups is 1. The van der Waals surface area contributed by atoms with Gasteiger partial charge in [-0.3, -0.25) is 4.79 Å². The lowest BCUT2D eigenvalue weighted by atomic mass is 10.1. The first-order chi connectivity index (χ1) is 9.04. The average molecular weight is 303 g/mol. The van der Waals surface area contributed by atoms with Crippen molar-refractivity contribution in [3.63, 3.8) is 0 Å². The fraction of sp³-hybridized carbons (Fsp3) is 0.462. The molecule has 0 radical (unpaired) electrons. The molecule has 1 aliphatic heterocycles. The van der Waals surface area contributed by atoms with E-state index in [0.717, 1.165) is 5.56 Å². The van der Waals surface area contributed by atoms with Gasteiger partial charge in [-0.15, -0.1) is 0 Å². The molecular formula is C13H16Cl2N2O2. The predicted octanol–water partition coefficient (Wildman–Crippen LogP) is 1.37. The van der Waals surface area contributed by atoms with Gasteiger partial charge in [-0.25, -0.2) is 0 Å². The summed E-state index contributed by atoms with van der Waals surface area (Å²) in [5.74, 6) is -0.0790. The van der Waals surface area contributed by atoms with Crippen LogP contribution in [-0.4, -0.2) is 36.2 Å². The molecule has 2 rings (SSSR count). The van der Waals surface area contributed by atoms with E-state index in [9.17, 15) is 9.90 Å². The number of rotatable bonds is 4. The lowest BCUT2D eigenvalue weighted by Crippen LogP contribution is -2.41. The second-order valence-corrected chi connectivity index (χ2v) is 5.54. The lowest BCUT2D eigenvalue weighted by Gasteiger charge is -2.11. The van der Waals surface area contributed by atoms with Crippen molar-refractivity contribution in [3.05, 3.63) is 33.8 Å². The second-order valence-electron chi connectivity index (χ2n) is 4.67. The number of aliphatic hydroxyl groups excluding tert-OH is 1. The van der Waals surface area contributed by atoms with Gasteiger partial charge in [-0.2, -0.15) is 0 Å². The maximum Gasteiger partial charge on any atom is 0.237 e. The van der Waals surface area contributed by atoms with Gasteiger partial charge in [-0.05, 0) is 36.6 Å². The van der Waals surface area contributed by atoms with E-state index in [4.69, 9.17) is 23.2 Å². The van der Waals surface area contributed by atoms with Crippen LogP contribution < -0.4 is 10.6 Å². The Morgan fingerprint density at radius 1 is 1.37 bits per heavy atom. The highest BCUT2D eigenvalue weighted by atomic mass is 35.5. The largest absolute Gasteiger partial charge is 0.392 e. The Balaban J connectivity index is 1.78. The molecule has 1 aromatic carbocycles. The smallest absolute Gasteiger partial charge is 0.237 e. The number of carbonyl (C=O) groups excluding carboxylic acids is 1. The van der Waals surface area contributed by atoms with Gasteiger partial charge in [0.15, 0.2) is 0 Å². The van der Waals surface area contributed by atoms with Crippen LogP contribution in [-0.2, 0) is 11.2 Å². The van der Waals surface area contributed by atoms with Crippen LogP contribution in [0.1, 0.15) is 12.0 Å². The molecule has 1 aliphatic rings. The van der Waals surface area contributed by atoms with Crippen molar-refractivity contribution in [1.29, 1.82) is 0 Å². The highest BCUT2D eigenvalue weighted by molar-refractivity contribution is 6.34. The molecule has 2 unspecified atom stereocenters. The average Bonchev–Trinajstić information content (AvgIpc) is 2.74. The summed E-state index contributed by atoms with van der Waals surface area (Å²) in [6.07, 6.45) is 0.707. The van der Waals surface area contributed by atoms with Gasteiger partial charge in [0.25, 0.3) is 0 Å². The molecular weight excluding hydrogens is 287 g/mol. The van der Waals surface area contributed by atoms with Crippen molar-refractivity contribution in [2.45, 2.75) is 25.0 Å². The van der Waals surface area contributed by atoms with Crippen LogP contribution in [0, 0.1) is 0 Å². The highest BCUT2D eigenvalue weighted by Gasteiger charge is 2.27. The quantitative estimate of drug-likeness (QED) is 0.787. The Morgan fingerprint density at radius 3 is 2.63 bits per heavy atom. The van der Waals surface area contributed by atoms with Gasteiger partial charge in [0.05, 0.1) is 12.1 Å². The number of hydrogen-bond acceptors (Lipinski definition) is 3. The maximum absolute atomic E-state index is 11.8. The van der Waals surface area contributed by atoms with E-state index in [1.807, 2.05) is 12.1 Å². The normalized spacial score (nSPS) is 22.5. The van der Waals surface area contributed by atoms with Crippen LogP contribution in [0.2, 0.25) is 10.0 Å². The molecule has 0 bridgehead atoms. The van der Waals surface area contributed by atoms with Crippen molar-refractivity contribution in [1.82, 2.24) is 10.6 Å². The summed E-state index contributed by atoms with van der Waals surface area (Å²) in [7, 11) is 0. The van der Waals surface area contributed by atoms with Crippen LogP contribution in [0.5, 0.6) is 0 Å². The van der Waals surface area contributed by atoms with Gasteiger partial charge in [0.1, 0.15) is 0 Å². The third kappa shape index (κ3) is 4.35. The Kier molecular flexibility index (Phi) is 5.05. The molecule has 2 atom stereocenters. The minimum absolute atomic E-state index is 0.0790. The molecule has 1 saturated heterocycles. The zero-order chi connectivity index (χ0) is 13.8. The Hall–Kier alpha value is -0.810. The first kappa shape index (κ1) is 14.6. The molecule has 19 heavy (non-hydrogen) atoms. The minimum atomic E-state index is -0.428. The van der Waals surface area contributed by atoms with Crippen LogP contribution in [0.15, 0.2) is 18.2 Å². The van der Waals surface area contributed by atoms with Crippen molar-refractivity contribution >= 4 is 29.1 Å². The van der Waals surface area contributed by atoms with Crippen molar-refractivity contribution in [2.24, 2.45) is 0 Å². The van der Waals surface area contributed by atoms with Crippen LogP contribution in [0.4, 0.5) is 0 Å². The molecule has 0 aliphatic carbocycles. The topological polar surface area (TPSA) is 61.4 Å². The van der Waals surface area contributed by atoms with E-state index >= 15 is 0 Å². The molecule has 0 aromatic heterocycles.